The van der Waals surface area contributed by atoms with Gasteiger partial charge in [-0.1, -0.05) is 30.3 Å². The zero-order valence-corrected chi connectivity index (χ0v) is 11.5. The van der Waals surface area contributed by atoms with Crippen molar-refractivity contribution in [2.24, 2.45) is 0 Å². The number of likely N-dealkylation sites (tertiary alicyclic amines) is 1. The molecule has 4 nitrogen and oxygen atoms in total. The van der Waals surface area contributed by atoms with Gasteiger partial charge in [0.25, 0.3) is 0 Å². The fraction of sp³-hybridized carbons (Fsp3) is 0.500. The van der Waals surface area contributed by atoms with Gasteiger partial charge in [-0.2, -0.15) is 0 Å². The van der Waals surface area contributed by atoms with E-state index >= 15 is 0 Å². The Bertz CT molecular complexity index is 492. The average molecular weight is 272 g/mol. The summed E-state index contributed by atoms with van der Waals surface area (Å²) >= 11 is 0. The first kappa shape index (κ1) is 13.2. The topological polar surface area (TPSA) is 49.4 Å². The third-order valence-electron chi connectivity index (χ3n) is 4.37. The number of benzene rings is 1. The van der Waals surface area contributed by atoms with Gasteiger partial charge in [0, 0.05) is 19.5 Å². The summed E-state index contributed by atoms with van der Waals surface area (Å²) in [6.45, 7) is 1.59. The number of carbonyl (C=O) groups is 2. The van der Waals surface area contributed by atoms with E-state index in [1.165, 1.54) is 5.56 Å². The smallest absolute Gasteiger partial charge is 0.245 e. The molecule has 106 valence electrons. The highest BCUT2D eigenvalue weighted by molar-refractivity contribution is 5.90. The van der Waals surface area contributed by atoms with Crippen LogP contribution in [0.4, 0.5) is 0 Å². The summed E-state index contributed by atoms with van der Waals surface area (Å²) in [5.41, 5.74) is 1.37. The van der Waals surface area contributed by atoms with Crippen LogP contribution < -0.4 is 5.32 Å². The highest BCUT2D eigenvalue weighted by Crippen LogP contribution is 2.28. The summed E-state index contributed by atoms with van der Waals surface area (Å²) < 4.78 is 0. The lowest BCUT2D eigenvalue weighted by molar-refractivity contribution is -0.135. The lowest BCUT2D eigenvalue weighted by Crippen LogP contribution is -2.47. The molecule has 1 N–H and O–H groups in total. The molecule has 1 atom stereocenters. The predicted octanol–water partition coefficient (Wildman–Crippen LogP) is 1.67. The van der Waals surface area contributed by atoms with Crippen LogP contribution in [-0.2, 0) is 9.59 Å². The Morgan fingerprint density at radius 3 is 2.40 bits per heavy atom. The largest absolute Gasteiger partial charge is 0.344 e. The van der Waals surface area contributed by atoms with Crippen molar-refractivity contribution in [3.63, 3.8) is 0 Å². The summed E-state index contributed by atoms with van der Waals surface area (Å²) in [5, 5.41) is 2.76. The first-order chi connectivity index (χ1) is 9.74. The van der Waals surface area contributed by atoms with Gasteiger partial charge in [-0.25, -0.2) is 0 Å². The van der Waals surface area contributed by atoms with Crippen LogP contribution in [0, 0.1) is 0 Å². The molecule has 2 saturated heterocycles. The minimum Gasteiger partial charge on any atom is -0.344 e. The van der Waals surface area contributed by atoms with Gasteiger partial charge in [0.1, 0.15) is 6.04 Å². The van der Waals surface area contributed by atoms with Crippen LogP contribution in [0.15, 0.2) is 30.3 Å². The SMILES string of the molecule is O=C1CCC(C(=O)N2CCC(c3ccccc3)CC2)N1. The van der Waals surface area contributed by atoms with Gasteiger partial charge in [-0.05, 0) is 30.7 Å². The number of hydrogen-bond donors (Lipinski definition) is 1. The zero-order valence-electron chi connectivity index (χ0n) is 11.5. The quantitative estimate of drug-likeness (QED) is 0.890. The molecular weight excluding hydrogens is 252 g/mol. The molecule has 0 saturated carbocycles. The number of amides is 2. The van der Waals surface area contributed by atoms with Crippen molar-refractivity contribution < 1.29 is 9.59 Å². The summed E-state index contributed by atoms with van der Waals surface area (Å²) in [4.78, 5) is 25.4. The molecule has 0 radical (unpaired) electrons. The maximum Gasteiger partial charge on any atom is 0.245 e. The van der Waals surface area contributed by atoms with E-state index in [9.17, 15) is 9.59 Å². The molecule has 0 aromatic heterocycles. The predicted molar refractivity (Wildman–Crippen MR) is 76.2 cm³/mol. The number of piperidine rings is 1. The van der Waals surface area contributed by atoms with Crippen LogP contribution in [0.5, 0.6) is 0 Å². The average Bonchev–Trinajstić information content (AvgIpc) is 2.94. The molecule has 1 unspecified atom stereocenters. The molecule has 0 spiro atoms. The number of nitrogens with zero attached hydrogens (tertiary/aromatic N) is 1. The second-order valence-electron chi connectivity index (χ2n) is 5.67. The standard InChI is InChI=1S/C16H20N2O2/c19-15-7-6-14(17-15)16(20)18-10-8-13(9-11-18)12-4-2-1-3-5-12/h1-5,13-14H,6-11H2,(H,17,19). The molecule has 0 bridgehead atoms. The molecule has 2 fully saturated rings. The van der Waals surface area contributed by atoms with Crippen LogP contribution in [-0.4, -0.2) is 35.8 Å². The van der Waals surface area contributed by atoms with E-state index in [4.69, 9.17) is 0 Å². The Balaban J connectivity index is 1.56. The van der Waals surface area contributed by atoms with E-state index in [2.05, 4.69) is 29.6 Å². The number of rotatable bonds is 2. The minimum atomic E-state index is -0.282. The van der Waals surface area contributed by atoms with Gasteiger partial charge >= 0.3 is 0 Å². The van der Waals surface area contributed by atoms with Crippen LogP contribution in [0.1, 0.15) is 37.2 Å². The normalized spacial score (nSPS) is 23.7. The molecule has 20 heavy (non-hydrogen) atoms. The lowest BCUT2D eigenvalue weighted by atomic mass is 9.89. The fourth-order valence-corrected chi connectivity index (χ4v) is 3.18. The van der Waals surface area contributed by atoms with Gasteiger partial charge in [0.05, 0.1) is 0 Å². The van der Waals surface area contributed by atoms with E-state index in [0.29, 0.717) is 18.8 Å². The highest BCUT2D eigenvalue weighted by Gasteiger charge is 2.32. The summed E-state index contributed by atoms with van der Waals surface area (Å²) in [6, 6.07) is 10.2. The Morgan fingerprint density at radius 2 is 1.80 bits per heavy atom. The van der Waals surface area contributed by atoms with Crippen molar-refractivity contribution in [3.8, 4) is 0 Å². The maximum absolute atomic E-state index is 12.3. The lowest BCUT2D eigenvalue weighted by Gasteiger charge is -2.33. The Hall–Kier alpha value is -1.84. The van der Waals surface area contributed by atoms with Crippen LogP contribution in [0.2, 0.25) is 0 Å². The number of nitrogens with one attached hydrogen (secondary N) is 1. The number of hydrogen-bond acceptors (Lipinski definition) is 2. The van der Waals surface area contributed by atoms with Crippen molar-refractivity contribution in [3.05, 3.63) is 35.9 Å². The molecule has 1 aromatic rings. The van der Waals surface area contributed by atoms with Gasteiger partial charge in [0.2, 0.25) is 11.8 Å². The maximum atomic E-state index is 12.3. The molecule has 3 rings (SSSR count). The van der Waals surface area contributed by atoms with Crippen molar-refractivity contribution in [1.29, 1.82) is 0 Å². The summed E-state index contributed by atoms with van der Waals surface area (Å²) in [6.07, 6.45) is 3.15. The Morgan fingerprint density at radius 1 is 1.10 bits per heavy atom. The van der Waals surface area contributed by atoms with Crippen molar-refractivity contribution in [1.82, 2.24) is 10.2 Å². The van der Waals surface area contributed by atoms with Gasteiger partial charge in [-0.3, -0.25) is 9.59 Å². The first-order valence-electron chi connectivity index (χ1n) is 7.37. The van der Waals surface area contributed by atoms with Gasteiger partial charge < -0.3 is 10.2 Å². The summed E-state index contributed by atoms with van der Waals surface area (Å²) in [5.74, 6) is 0.656. The van der Waals surface area contributed by atoms with Crippen molar-refractivity contribution in [2.45, 2.75) is 37.6 Å². The first-order valence-corrected chi connectivity index (χ1v) is 7.37. The Kier molecular flexibility index (Phi) is 3.72. The van der Waals surface area contributed by atoms with Crippen LogP contribution in [0.25, 0.3) is 0 Å². The van der Waals surface area contributed by atoms with Gasteiger partial charge in [0.15, 0.2) is 0 Å². The van der Waals surface area contributed by atoms with Crippen molar-refractivity contribution >= 4 is 11.8 Å². The molecule has 4 heteroatoms. The minimum absolute atomic E-state index is 0.00233. The third-order valence-corrected chi connectivity index (χ3v) is 4.37. The van der Waals surface area contributed by atoms with Crippen LogP contribution in [0.3, 0.4) is 0 Å². The molecule has 2 aliphatic rings. The van der Waals surface area contributed by atoms with E-state index in [-0.39, 0.29) is 17.9 Å². The molecule has 2 amide bonds. The van der Waals surface area contributed by atoms with E-state index < -0.39 is 0 Å². The molecular formula is C16H20N2O2. The fourth-order valence-electron chi connectivity index (χ4n) is 3.18. The molecule has 0 aliphatic carbocycles. The van der Waals surface area contributed by atoms with E-state index in [1.807, 2.05) is 11.0 Å². The third kappa shape index (κ3) is 2.69. The second kappa shape index (κ2) is 5.65. The monoisotopic (exact) mass is 272 g/mol. The molecule has 2 heterocycles. The summed E-state index contributed by atoms with van der Waals surface area (Å²) in [7, 11) is 0. The van der Waals surface area contributed by atoms with Crippen molar-refractivity contribution in [2.75, 3.05) is 13.1 Å². The van der Waals surface area contributed by atoms with Gasteiger partial charge in [-0.15, -0.1) is 0 Å². The van der Waals surface area contributed by atoms with Crippen LogP contribution >= 0.6 is 0 Å². The highest BCUT2D eigenvalue weighted by atomic mass is 16.2. The number of carbonyl (C=O) groups excluding carboxylic acids is 2. The van der Waals surface area contributed by atoms with E-state index in [0.717, 1.165) is 25.9 Å². The Labute approximate surface area is 119 Å². The zero-order chi connectivity index (χ0) is 13.9. The van der Waals surface area contributed by atoms with E-state index in [1.54, 1.807) is 0 Å². The molecule has 2 aliphatic heterocycles. The molecule has 1 aromatic carbocycles. The second-order valence-corrected chi connectivity index (χ2v) is 5.67.